The van der Waals surface area contributed by atoms with Crippen molar-refractivity contribution >= 4 is 33.4 Å². The Labute approximate surface area is 118 Å². The van der Waals surface area contributed by atoms with Gasteiger partial charge in [0.2, 0.25) is 0 Å². The van der Waals surface area contributed by atoms with Crippen molar-refractivity contribution in [1.29, 1.82) is 0 Å². The quantitative estimate of drug-likeness (QED) is 0.941. The van der Waals surface area contributed by atoms with Crippen molar-refractivity contribution in [3.8, 4) is 0 Å². The minimum Gasteiger partial charge on any atom is -0.347 e. The molecule has 0 aliphatic carbocycles. The van der Waals surface area contributed by atoms with Crippen molar-refractivity contribution < 1.29 is 4.79 Å². The lowest BCUT2D eigenvalue weighted by Gasteiger charge is -2.16. The summed E-state index contributed by atoms with van der Waals surface area (Å²) in [5.74, 6) is 0.648. The largest absolute Gasteiger partial charge is 0.347 e. The zero-order valence-electron chi connectivity index (χ0n) is 9.65. The maximum Gasteiger partial charge on any atom is 0.254 e. The van der Waals surface area contributed by atoms with Gasteiger partial charge in [-0.2, -0.15) is 0 Å². The monoisotopic (exact) mass is 327 g/mol. The number of imidazole rings is 1. The van der Waals surface area contributed by atoms with Gasteiger partial charge in [-0.15, -0.1) is 0 Å². The molecule has 0 saturated heterocycles. The van der Waals surface area contributed by atoms with E-state index in [4.69, 9.17) is 11.6 Å². The summed E-state index contributed by atoms with van der Waals surface area (Å²) in [7, 11) is 1.72. The average molecular weight is 329 g/mol. The van der Waals surface area contributed by atoms with Gasteiger partial charge in [-0.05, 0) is 34.1 Å². The minimum atomic E-state index is -0.0965. The van der Waals surface area contributed by atoms with Gasteiger partial charge >= 0.3 is 0 Å². The summed E-state index contributed by atoms with van der Waals surface area (Å²) in [6.07, 6.45) is 3.38. The number of H-pyrrole nitrogens is 1. The van der Waals surface area contributed by atoms with E-state index < -0.39 is 0 Å². The first kappa shape index (κ1) is 13.1. The fourth-order valence-electron chi connectivity index (χ4n) is 1.53. The van der Waals surface area contributed by atoms with Crippen LogP contribution >= 0.6 is 27.5 Å². The summed E-state index contributed by atoms with van der Waals surface area (Å²) in [5, 5.41) is 0.521. The molecule has 1 aromatic carbocycles. The number of nitrogens with zero attached hydrogens (tertiary/aromatic N) is 2. The maximum atomic E-state index is 12.1. The van der Waals surface area contributed by atoms with Crippen LogP contribution in [0.25, 0.3) is 0 Å². The highest BCUT2D eigenvalue weighted by molar-refractivity contribution is 9.10. The highest BCUT2D eigenvalue weighted by Crippen LogP contribution is 2.23. The summed E-state index contributed by atoms with van der Waals surface area (Å²) in [6.45, 7) is 0.430. The first-order chi connectivity index (χ1) is 8.58. The molecule has 0 aliphatic heterocycles. The molecular weight excluding hydrogens is 318 g/mol. The van der Waals surface area contributed by atoms with Gasteiger partial charge in [-0.25, -0.2) is 4.98 Å². The second kappa shape index (κ2) is 5.54. The number of amides is 1. The van der Waals surface area contributed by atoms with E-state index in [0.29, 0.717) is 17.1 Å². The predicted octanol–water partition coefficient (Wildman–Crippen LogP) is 3.10. The highest BCUT2D eigenvalue weighted by atomic mass is 79.9. The minimum absolute atomic E-state index is 0.0965. The van der Waals surface area contributed by atoms with Crippen LogP contribution in [-0.2, 0) is 6.54 Å². The Bertz CT molecular complexity index is 556. The Morgan fingerprint density at radius 3 is 2.94 bits per heavy atom. The molecule has 0 bridgehead atoms. The van der Waals surface area contributed by atoms with E-state index in [1.807, 2.05) is 0 Å². The number of hydrogen-bond acceptors (Lipinski definition) is 2. The summed E-state index contributed by atoms with van der Waals surface area (Å²) in [4.78, 5) is 20.8. The maximum absolute atomic E-state index is 12.1. The normalized spacial score (nSPS) is 10.4. The van der Waals surface area contributed by atoms with Crippen molar-refractivity contribution in [1.82, 2.24) is 14.9 Å². The average Bonchev–Trinajstić information content (AvgIpc) is 2.84. The van der Waals surface area contributed by atoms with E-state index in [0.717, 1.165) is 10.3 Å². The van der Waals surface area contributed by atoms with Crippen molar-refractivity contribution in [3.63, 3.8) is 0 Å². The topological polar surface area (TPSA) is 49.0 Å². The molecule has 0 spiro atoms. The third-order valence-electron chi connectivity index (χ3n) is 2.46. The molecule has 1 amide bonds. The van der Waals surface area contributed by atoms with E-state index in [2.05, 4.69) is 25.9 Å². The van der Waals surface area contributed by atoms with Gasteiger partial charge in [-0.3, -0.25) is 4.79 Å². The zero-order chi connectivity index (χ0) is 13.1. The predicted molar refractivity (Wildman–Crippen MR) is 73.5 cm³/mol. The molecule has 4 nitrogen and oxygen atoms in total. The van der Waals surface area contributed by atoms with Crippen LogP contribution in [0.5, 0.6) is 0 Å². The molecule has 1 heterocycles. The summed E-state index contributed by atoms with van der Waals surface area (Å²) in [6, 6.07) is 5.14. The SMILES string of the molecule is CN(Cc1ncc[nH]1)C(=O)c1ccc(Br)c(Cl)c1. The van der Waals surface area contributed by atoms with E-state index in [9.17, 15) is 4.79 Å². The molecule has 18 heavy (non-hydrogen) atoms. The molecule has 0 unspecified atom stereocenters. The lowest BCUT2D eigenvalue weighted by atomic mass is 10.2. The van der Waals surface area contributed by atoms with E-state index in [-0.39, 0.29) is 5.91 Å². The fraction of sp³-hybridized carbons (Fsp3) is 0.167. The number of carbonyl (C=O) groups excluding carboxylic acids is 1. The van der Waals surface area contributed by atoms with Gasteiger partial charge in [0.1, 0.15) is 5.82 Å². The van der Waals surface area contributed by atoms with Crippen LogP contribution in [0.3, 0.4) is 0 Å². The Balaban J connectivity index is 2.12. The molecule has 0 atom stereocenters. The number of carbonyl (C=O) groups is 1. The number of rotatable bonds is 3. The molecule has 1 aromatic heterocycles. The van der Waals surface area contributed by atoms with Crippen molar-refractivity contribution in [2.24, 2.45) is 0 Å². The standard InChI is InChI=1S/C12H11BrClN3O/c1-17(7-11-15-4-5-16-11)12(18)8-2-3-9(13)10(14)6-8/h2-6H,7H2,1H3,(H,15,16). The molecular formula is C12H11BrClN3O. The first-order valence-electron chi connectivity index (χ1n) is 5.26. The van der Waals surface area contributed by atoms with E-state index in [1.165, 1.54) is 0 Å². The lowest BCUT2D eigenvalue weighted by molar-refractivity contribution is 0.0782. The fourth-order valence-corrected chi connectivity index (χ4v) is 1.96. The van der Waals surface area contributed by atoms with Crippen LogP contribution in [0.15, 0.2) is 35.1 Å². The number of hydrogen-bond donors (Lipinski definition) is 1. The van der Waals surface area contributed by atoms with Gasteiger partial charge in [-0.1, -0.05) is 11.6 Å². The van der Waals surface area contributed by atoms with Crippen LogP contribution in [0.1, 0.15) is 16.2 Å². The number of nitrogens with one attached hydrogen (secondary N) is 1. The Morgan fingerprint density at radius 1 is 1.56 bits per heavy atom. The smallest absolute Gasteiger partial charge is 0.254 e. The van der Waals surface area contributed by atoms with Crippen LogP contribution < -0.4 is 0 Å². The van der Waals surface area contributed by atoms with Gasteiger partial charge in [0.25, 0.3) is 5.91 Å². The molecule has 0 aliphatic rings. The Hall–Kier alpha value is -1.33. The Kier molecular flexibility index (Phi) is 4.04. The number of aromatic nitrogens is 2. The molecule has 94 valence electrons. The summed E-state index contributed by atoms with van der Waals surface area (Å²) >= 11 is 9.26. The Morgan fingerprint density at radius 2 is 2.33 bits per heavy atom. The van der Waals surface area contributed by atoms with Crippen LogP contribution in [-0.4, -0.2) is 27.8 Å². The third kappa shape index (κ3) is 2.91. The highest BCUT2D eigenvalue weighted by Gasteiger charge is 2.14. The second-order valence-electron chi connectivity index (χ2n) is 3.83. The van der Waals surface area contributed by atoms with Gasteiger partial charge < -0.3 is 9.88 Å². The first-order valence-corrected chi connectivity index (χ1v) is 6.44. The molecule has 1 N–H and O–H groups in total. The third-order valence-corrected chi connectivity index (χ3v) is 3.69. The number of halogens is 2. The zero-order valence-corrected chi connectivity index (χ0v) is 12.0. The second-order valence-corrected chi connectivity index (χ2v) is 5.09. The summed E-state index contributed by atoms with van der Waals surface area (Å²) < 4.78 is 0.773. The van der Waals surface area contributed by atoms with Crippen molar-refractivity contribution in [3.05, 3.63) is 51.5 Å². The number of aromatic amines is 1. The molecule has 0 radical (unpaired) electrons. The van der Waals surface area contributed by atoms with Gasteiger partial charge in [0.05, 0.1) is 11.6 Å². The molecule has 2 aromatic rings. The molecule has 2 rings (SSSR count). The molecule has 6 heteroatoms. The molecule has 0 fully saturated rings. The summed E-state index contributed by atoms with van der Waals surface area (Å²) in [5.41, 5.74) is 0.553. The van der Waals surface area contributed by atoms with E-state index in [1.54, 1.807) is 42.5 Å². The van der Waals surface area contributed by atoms with Gasteiger partial charge in [0.15, 0.2) is 0 Å². The lowest BCUT2D eigenvalue weighted by Crippen LogP contribution is -2.26. The van der Waals surface area contributed by atoms with Crippen LogP contribution in [0.4, 0.5) is 0 Å². The number of benzene rings is 1. The van der Waals surface area contributed by atoms with Crippen LogP contribution in [0.2, 0.25) is 5.02 Å². The van der Waals surface area contributed by atoms with Crippen LogP contribution in [0, 0.1) is 0 Å². The van der Waals surface area contributed by atoms with Crippen molar-refractivity contribution in [2.75, 3.05) is 7.05 Å². The van der Waals surface area contributed by atoms with E-state index >= 15 is 0 Å². The molecule has 0 saturated carbocycles. The van der Waals surface area contributed by atoms with Gasteiger partial charge in [0, 0.05) is 29.5 Å². The van der Waals surface area contributed by atoms with Crippen molar-refractivity contribution in [2.45, 2.75) is 6.54 Å².